The lowest BCUT2D eigenvalue weighted by Crippen LogP contribution is -2.05. The minimum Gasteiger partial charge on any atom is -0.750 e. The highest BCUT2D eigenvalue weighted by Crippen LogP contribution is 2.26. The zero-order chi connectivity index (χ0) is 13.0. The van der Waals surface area contributed by atoms with Crippen molar-refractivity contribution in [3.8, 4) is 5.75 Å². The fourth-order valence-electron chi connectivity index (χ4n) is 1.45. The SMILES string of the molecule is Cc1cc(C)c(OS(=O)[O-])c(COS(=O)[O-])c1. The maximum atomic E-state index is 10.5. The van der Waals surface area contributed by atoms with E-state index >= 15 is 0 Å². The minimum atomic E-state index is -2.72. The van der Waals surface area contributed by atoms with Crippen molar-refractivity contribution in [2.24, 2.45) is 0 Å². The van der Waals surface area contributed by atoms with E-state index in [1.807, 2.05) is 0 Å². The van der Waals surface area contributed by atoms with Crippen LogP contribution in [0.25, 0.3) is 0 Å². The predicted octanol–water partition coefficient (Wildman–Crippen LogP) is 0.787. The summed E-state index contributed by atoms with van der Waals surface area (Å²) < 4.78 is 50.6. The monoisotopic (exact) mass is 278 g/mol. The van der Waals surface area contributed by atoms with E-state index in [1.165, 1.54) is 0 Å². The quantitative estimate of drug-likeness (QED) is 0.738. The van der Waals surface area contributed by atoms with Crippen LogP contribution in [-0.4, -0.2) is 17.5 Å². The fourth-order valence-corrected chi connectivity index (χ4v) is 2.05. The molecule has 1 aromatic rings. The first-order valence-corrected chi connectivity index (χ1v) is 6.50. The number of hydrogen-bond donors (Lipinski definition) is 0. The van der Waals surface area contributed by atoms with Crippen LogP contribution >= 0.6 is 0 Å². The van der Waals surface area contributed by atoms with Crippen molar-refractivity contribution in [3.63, 3.8) is 0 Å². The second kappa shape index (κ2) is 6.22. The minimum absolute atomic E-state index is 0.0920. The molecule has 0 saturated heterocycles. The molecule has 0 N–H and O–H groups in total. The van der Waals surface area contributed by atoms with Gasteiger partial charge in [-0.25, -0.2) is 8.42 Å². The van der Waals surface area contributed by atoms with Crippen molar-refractivity contribution in [3.05, 3.63) is 28.8 Å². The number of benzene rings is 1. The standard InChI is InChI=1S/C9H12O6S2/c1-6-3-7(2)9(15-17(12)13)8(4-6)5-14-16(10)11/h3-4H,5H2,1-2H3,(H,10,11)(H,12,13)/p-2. The van der Waals surface area contributed by atoms with Crippen molar-refractivity contribution < 1.29 is 25.9 Å². The molecule has 2 atom stereocenters. The van der Waals surface area contributed by atoms with Crippen LogP contribution in [0.4, 0.5) is 0 Å². The maximum absolute atomic E-state index is 10.5. The van der Waals surface area contributed by atoms with E-state index in [9.17, 15) is 17.5 Å². The van der Waals surface area contributed by atoms with Crippen LogP contribution in [0.5, 0.6) is 5.75 Å². The number of rotatable bonds is 5. The summed E-state index contributed by atoms with van der Waals surface area (Å²) in [5.41, 5.74) is 1.79. The fraction of sp³-hybridized carbons (Fsp3) is 0.333. The zero-order valence-corrected chi connectivity index (χ0v) is 10.8. The first kappa shape index (κ1) is 14.3. The van der Waals surface area contributed by atoms with Crippen LogP contribution in [0.3, 0.4) is 0 Å². The zero-order valence-electron chi connectivity index (χ0n) is 9.13. The lowest BCUT2D eigenvalue weighted by atomic mass is 10.1. The molecular weight excluding hydrogens is 268 g/mol. The molecule has 0 amide bonds. The lowest BCUT2D eigenvalue weighted by Gasteiger charge is -2.16. The van der Waals surface area contributed by atoms with Gasteiger partial charge in [-0.05, 0) is 25.5 Å². The summed E-state index contributed by atoms with van der Waals surface area (Å²) in [7, 11) is 0. The molecule has 0 aromatic heterocycles. The Bertz CT molecular complexity index is 459. The topological polar surface area (TPSA) is 98.7 Å². The van der Waals surface area contributed by atoms with Gasteiger partial charge in [0.1, 0.15) is 17.1 Å². The van der Waals surface area contributed by atoms with Gasteiger partial charge < -0.3 is 13.3 Å². The van der Waals surface area contributed by atoms with Crippen LogP contribution in [-0.2, 0) is 33.5 Å². The average molecular weight is 278 g/mol. The molecule has 6 nitrogen and oxygen atoms in total. The number of hydrogen-bond acceptors (Lipinski definition) is 6. The van der Waals surface area contributed by atoms with Gasteiger partial charge in [-0.3, -0.25) is 4.18 Å². The maximum Gasteiger partial charge on any atom is 0.147 e. The molecule has 0 heterocycles. The highest BCUT2D eigenvalue weighted by Gasteiger charge is 2.10. The molecule has 2 unspecified atom stereocenters. The molecule has 0 saturated carbocycles. The van der Waals surface area contributed by atoms with Crippen LogP contribution in [0.15, 0.2) is 12.1 Å². The molecule has 0 bridgehead atoms. The van der Waals surface area contributed by atoms with E-state index in [0.29, 0.717) is 11.1 Å². The molecule has 0 radical (unpaired) electrons. The Morgan fingerprint density at radius 2 is 1.82 bits per heavy atom. The summed E-state index contributed by atoms with van der Waals surface area (Å²) >= 11 is -5.38. The Morgan fingerprint density at radius 3 is 2.35 bits per heavy atom. The lowest BCUT2D eigenvalue weighted by molar-refractivity contribution is 0.288. The third-order valence-corrected chi connectivity index (χ3v) is 2.57. The van der Waals surface area contributed by atoms with E-state index in [-0.39, 0.29) is 12.4 Å². The molecule has 17 heavy (non-hydrogen) atoms. The Morgan fingerprint density at radius 1 is 1.18 bits per heavy atom. The van der Waals surface area contributed by atoms with E-state index in [0.717, 1.165) is 5.56 Å². The van der Waals surface area contributed by atoms with Gasteiger partial charge in [0.25, 0.3) is 0 Å². The average Bonchev–Trinajstić information content (AvgIpc) is 2.18. The van der Waals surface area contributed by atoms with E-state index in [2.05, 4.69) is 8.37 Å². The van der Waals surface area contributed by atoms with Crippen LogP contribution in [0.2, 0.25) is 0 Å². The molecule has 1 aromatic carbocycles. The van der Waals surface area contributed by atoms with Gasteiger partial charge in [0.15, 0.2) is 0 Å². The highest BCUT2D eigenvalue weighted by molar-refractivity contribution is 7.74. The van der Waals surface area contributed by atoms with E-state index in [4.69, 9.17) is 0 Å². The van der Waals surface area contributed by atoms with E-state index in [1.54, 1.807) is 26.0 Å². The van der Waals surface area contributed by atoms with Crippen molar-refractivity contribution in [2.75, 3.05) is 0 Å². The summed E-state index contributed by atoms with van der Waals surface area (Å²) in [5.74, 6) is 0.0920. The van der Waals surface area contributed by atoms with Crippen LogP contribution in [0.1, 0.15) is 16.7 Å². The summed E-state index contributed by atoms with van der Waals surface area (Å²) in [6, 6.07) is 3.32. The first-order chi connectivity index (χ1) is 7.90. The van der Waals surface area contributed by atoms with Gasteiger partial charge in [-0.2, -0.15) is 0 Å². The Labute approximate surface area is 104 Å². The summed E-state index contributed by atoms with van der Waals surface area (Å²) in [5, 5.41) is 0. The molecule has 0 aliphatic carbocycles. The van der Waals surface area contributed by atoms with Gasteiger partial charge in [0.2, 0.25) is 0 Å². The molecule has 96 valence electrons. The van der Waals surface area contributed by atoms with Gasteiger partial charge >= 0.3 is 0 Å². The third-order valence-electron chi connectivity index (χ3n) is 1.96. The molecule has 0 aliphatic heterocycles. The highest BCUT2D eigenvalue weighted by atomic mass is 32.2. The van der Waals surface area contributed by atoms with Gasteiger partial charge in [-0.15, -0.1) is 0 Å². The second-order valence-corrected chi connectivity index (χ2v) is 4.54. The smallest absolute Gasteiger partial charge is 0.147 e. The van der Waals surface area contributed by atoms with Crippen LogP contribution in [0, 0.1) is 13.8 Å². The summed E-state index contributed by atoms with van der Waals surface area (Å²) in [6.45, 7) is 3.18. The number of aryl methyl sites for hydroxylation is 2. The van der Waals surface area contributed by atoms with Crippen molar-refractivity contribution in [1.29, 1.82) is 0 Å². The molecule has 0 aliphatic rings. The summed E-state index contributed by atoms with van der Waals surface area (Å²) in [4.78, 5) is 0. The van der Waals surface area contributed by atoms with Gasteiger partial charge in [-0.1, -0.05) is 11.6 Å². The second-order valence-electron chi connectivity index (χ2n) is 3.32. The Kier molecular flexibility index (Phi) is 5.22. The Hall–Kier alpha value is -0.800. The predicted molar refractivity (Wildman–Crippen MR) is 59.2 cm³/mol. The van der Waals surface area contributed by atoms with Crippen LogP contribution < -0.4 is 4.18 Å². The molecule has 1 rings (SSSR count). The van der Waals surface area contributed by atoms with Crippen molar-refractivity contribution in [1.82, 2.24) is 0 Å². The van der Waals surface area contributed by atoms with Gasteiger partial charge in [0.05, 0.1) is 18.0 Å². The molecule has 0 fully saturated rings. The van der Waals surface area contributed by atoms with E-state index < -0.39 is 22.7 Å². The van der Waals surface area contributed by atoms with Gasteiger partial charge in [0, 0.05) is 5.56 Å². The van der Waals surface area contributed by atoms with Crippen molar-refractivity contribution in [2.45, 2.75) is 20.5 Å². The largest absolute Gasteiger partial charge is 0.750 e. The molecule has 8 heteroatoms. The summed E-state index contributed by atoms with van der Waals surface area (Å²) in [6.07, 6.45) is 0. The Balaban J connectivity index is 3.06. The normalized spacial score (nSPS) is 14.4. The molecular formula is C9H10O6S2-2. The first-order valence-electron chi connectivity index (χ1n) is 4.50. The molecule has 0 spiro atoms. The van der Waals surface area contributed by atoms with Crippen molar-refractivity contribution >= 4 is 22.7 Å². The third kappa shape index (κ3) is 4.52.